The number of pyridine rings is 1. The minimum absolute atomic E-state index is 0.210. The number of ketones is 1. The summed E-state index contributed by atoms with van der Waals surface area (Å²) in [5, 5.41) is 2.88. The molecule has 1 amide bonds. The fourth-order valence-electron chi connectivity index (χ4n) is 6.13. The van der Waals surface area contributed by atoms with Gasteiger partial charge in [0.2, 0.25) is 5.78 Å². The van der Waals surface area contributed by atoms with Crippen molar-refractivity contribution in [2.24, 2.45) is 0 Å². The molecule has 1 fully saturated rings. The monoisotopic (exact) mass is 545 g/mol. The Bertz CT molecular complexity index is 1550. The number of aromatic nitrogens is 1. The number of piperazine rings is 1. The predicted octanol–water partition coefficient (Wildman–Crippen LogP) is 5.28. The third-order valence-corrected chi connectivity index (χ3v) is 8.07. The standard InChI is InChI=1S/C34H35N5O2/c1-23-19-25(3)35-31(20-23)38-17-15-37(16-18-38)30-13-12-27(21-24(30)2)36-34(41)33(40)32-29(26-9-5-4-6-10-26)22-28-11-7-8-14-39(28)32/h4-14,19-22,29,32H,15-18H2,1-3H3,(H,36,41). The summed E-state index contributed by atoms with van der Waals surface area (Å²) in [6.07, 6.45) is 9.76. The first kappa shape index (κ1) is 26.6. The van der Waals surface area contributed by atoms with Gasteiger partial charge in [0.05, 0.1) is 0 Å². The Morgan fingerprint density at radius 2 is 1.63 bits per heavy atom. The molecular weight excluding hydrogens is 510 g/mol. The molecule has 3 aromatic rings. The number of carbonyl (C=O) groups excluding carboxylic acids is 2. The summed E-state index contributed by atoms with van der Waals surface area (Å²) in [4.78, 5) is 38.2. The zero-order chi connectivity index (χ0) is 28.5. The van der Waals surface area contributed by atoms with E-state index in [0.717, 1.165) is 60.2 Å². The van der Waals surface area contributed by atoms with Crippen LogP contribution >= 0.6 is 0 Å². The SMILES string of the molecule is Cc1cc(C)nc(N2CCN(c3ccc(NC(=O)C(=O)C4C(c5ccccc5)C=C5C=CC=CN54)cc3C)CC2)c1. The highest BCUT2D eigenvalue weighted by Crippen LogP contribution is 2.38. The predicted molar refractivity (Wildman–Crippen MR) is 164 cm³/mol. The molecule has 3 aliphatic heterocycles. The Morgan fingerprint density at radius 1 is 0.878 bits per heavy atom. The van der Waals surface area contributed by atoms with Gasteiger partial charge in [-0.1, -0.05) is 42.5 Å². The van der Waals surface area contributed by atoms with Gasteiger partial charge >= 0.3 is 0 Å². The second-order valence-electron chi connectivity index (χ2n) is 11.0. The highest BCUT2D eigenvalue weighted by molar-refractivity contribution is 6.42. The Hall–Kier alpha value is -4.65. The van der Waals surface area contributed by atoms with Crippen LogP contribution in [-0.4, -0.2) is 53.8 Å². The number of fused-ring (bicyclic) bond motifs is 1. The number of nitrogens with one attached hydrogen (secondary N) is 1. The summed E-state index contributed by atoms with van der Waals surface area (Å²) >= 11 is 0. The van der Waals surface area contributed by atoms with Gasteiger partial charge in [0.15, 0.2) is 0 Å². The number of Topliss-reactive ketones (excluding diaryl/α,β-unsaturated/α-hetero) is 1. The van der Waals surface area contributed by atoms with Crippen LogP contribution in [0.3, 0.4) is 0 Å². The summed E-state index contributed by atoms with van der Waals surface area (Å²) in [6.45, 7) is 9.75. The van der Waals surface area contributed by atoms with Gasteiger partial charge in [0.1, 0.15) is 11.9 Å². The molecule has 1 N–H and O–H groups in total. The van der Waals surface area contributed by atoms with Gasteiger partial charge in [0, 0.05) is 61.1 Å². The van der Waals surface area contributed by atoms with Crippen molar-refractivity contribution >= 4 is 28.9 Å². The van der Waals surface area contributed by atoms with Crippen LogP contribution in [0.4, 0.5) is 17.2 Å². The van der Waals surface area contributed by atoms with Crippen LogP contribution in [0.1, 0.15) is 28.3 Å². The van der Waals surface area contributed by atoms with E-state index in [4.69, 9.17) is 4.98 Å². The molecule has 0 bridgehead atoms. The molecule has 7 nitrogen and oxygen atoms in total. The molecule has 2 unspecified atom stereocenters. The van der Waals surface area contributed by atoms with E-state index in [-0.39, 0.29) is 5.92 Å². The van der Waals surface area contributed by atoms with E-state index in [1.807, 2.05) is 91.7 Å². The maximum absolute atomic E-state index is 13.6. The molecule has 2 atom stereocenters. The molecule has 3 aliphatic rings. The van der Waals surface area contributed by atoms with Gasteiger partial charge < -0.3 is 20.0 Å². The van der Waals surface area contributed by atoms with Crippen molar-refractivity contribution in [1.29, 1.82) is 0 Å². The smallest absolute Gasteiger partial charge is 0.294 e. The number of amides is 1. The fraction of sp³-hybridized carbons (Fsp3) is 0.265. The maximum atomic E-state index is 13.6. The van der Waals surface area contributed by atoms with Crippen LogP contribution in [-0.2, 0) is 9.59 Å². The van der Waals surface area contributed by atoms with Crippen LogP contribution < -0.4 is 15.1 Å². The van der Waals surface area contributed by atoms with Gasteiger partial charge in [-0.3, -0.25) is 9.59 Å². The van der Waals surface area contributed by atoms with Gasteiger partial charge in [-0.05, 0) is 79.9 Å². The van der Waals surface area contributed by atoms with E-state index in [2.05, 4.69) is 40.2 Å². The zero-order valence-electron chi connectivity index (χ0n) is 23.7. The molecule has 7 heteroatoms. The second kappa shape index (κ2) is 11.1. The van der Waals surface area contributed by atoms with E-state index in [0.29, 0.717) is 5.69 Å². The number of anilines is 3. The molecular formula is C34H35N5O2. The first-order valence-corrected chi connectivity index (χ1v) is 14.2. The number of rotatable bonds is 6. The van der Waals surface area contributed by atoms with Crippen molar-refractivity contribution in [3.63, 3.8) is 0 Å². The van der Waals surface area contributed by atoms with E-state index in [1.165, 1.54) is 5.56 Å². The normalized spacial score (nSPS) is 19.7. The average Bonchev–Trinajstić information content (AvgIpc) is 3.37. The lowest BCUT2D eigenvalue weighted by atomic mass is 9.90. The minimum Gasteiger partial charge on any atom is -0.368 e. The van der Waals surface area contributed by atoms with E-state index >= 15 is 0 Å². The molecule has 1 aromatic heterocycles. The van der Waals surface area contributed by atoms with Gasteiger partial charge in [-0.2, -0.15) is 0 Å². The summed E-state index contributed by atoms with van der Waals surface area (Å²) in [5.74, 6) is -0.228. The lowest BCUT2D eigenvalue weighted by Gasteiger charge is -2.37. The number of benzene rings is 2. The summed E-state index contributed by atoms with van der Waals surface area (Å²) in [6, 6.07) is 19.4. The van der Waals surface area contributed by atoms with E-state index in [9.17, 15) is 9.59 Å². The van der Waals surface area contributed by atoms with E-state index < -0.39 is 17.7 Å². The zero-order valence-corrected chi connectivity index (χ0v) is 23.7. The largest absolute Gasteiger partial charge is 0.368 e. The Morgan fingerprint density at radius 3 is 2.37 bits per heavy atom. The summed E-state index contributed by atoms with van der Waals surface area (Å²) < 4.78 is 0. The third kappa shape index (κ3) is 5.40. The first-order valence-electron chi connectivity index (χ1n) is 14.2. The van der Waals surface area contributed by atoms with Crippen molar-refractivity contribution in [3.05, 3.63) is 119 Å². The van der Waals surface area contributed by atoms with Crippen LogP contribution in [0.15, 0.2) is 96.9 Å². The van der Waals surface area contributed by atoms with Gasteiger partial charge in [0.25, 0.3) is 5.91 Å². The summed E-state index contributed by atoms with van der Waals surface area (Å²) in [5.41, 5.74) is 7.03. The highest BCUT2D eigenvalue weighted by Gasteiger charge is 2.41. The van der Waals surface area contributed by atoms with Crippen molar-refractivity contribution in [3.8, 4) is 0 Å². The number of allylic oxidation sites excluding steroid dienone is 3. The van der Waals surface area contributed by atoms with Crippen LogP contribution in [0, 0.1) is 20.8 Å². The number of carbonyl (C=O) groups is 2. The first-order chi connectivity index (χ1) is 19.9. The summed E-state index contributed by atoms with van der Waals surface area (Å²) in [7, 11) is 0. The van der Waals surface area contributed by atoms with Crippen LogP contribution in [0.25, 0.3) is 0 Å². The Balaban J connectivity index is 1.13. The molecule has 1 saturated heterocycles. The molecule has 6 rings (SSSR count). The van der Waals surface area contributed by atoms with Crippen molar-refractivity contribution in [1.82, 2.24) is 9.88 Å². The fourth-order valence-corrected chi connectivity index (χ4v) is 6.13. The Labute approximate surface area is 241 Å². The molecule has 0 radical (unpaired) electrons. The second-order valence-corrected chi connectivity index (χ2v) is 11.0. The quantitative estimate of drug-likeness (QED) is 0.426. The number of nitrogens with zero attached hydrogens (tertiary/aromatic N) is 4. The molecule has 4 heterocycles. The molecule has 41 heavy (non-hydrogen) atoms. The Kier molecular flexibility index (Phi) is 7.18. The molecule has 2 aromatic carbocycles. The highest BCUT2D eigenvalue weighted by atomic mass is 16.2. The van der Waals surface area contributed by atoms with Crippen molar-refractivity contribution in [2.75, 3.05) is 41.3 Å². The number of hydrogen-bond donors (Lipinski definition) is 1. The van der Waals surface area contributed by atoms with Crippen LogP contribution in [0.5, 0.6) is 0 Å². The van der Waals surface area contributed by atoms with Crippen LogP contribution in [0.2, 0.25) is 0 Å². The van der Waals surface area contributed by atoms with E-state index in [1.54, 1.807) is 0 Å². The van der Waals surface area contributed by atoms with Gasteiger partial charge in [-0.25, -0.2) is 4.98 Å². The van der Waals surface area contributed by atoms with Crippen molar-refractivity contribution < 1.29 is 9.59 Å². The topological polar surface area (TPSA) is 68.8 Å². The lowest BCUT2D eigenvalue weighted by Crippen LogP contribution is -2.47. The molecule has 0 saturated carbocycles. The number of aryl methyl sites for hydroxylation is 3. The average molecular weight is 546 g/mol. The lowest BCUT2D eigenvalue weighted by molar-refractivity contribution is -0.137. The minimum atomic E-state index is -0.628. The molecule has 208 valence electrons. The van der Waals surface area contributed by atoms with Gasteiger partial charge in [-0.15, -0.1) is 0 Å². The maximum Gasteiger partial charge on any atom is 0.294 e. The van der Waals surface area contributed by atoms with Crippen molar-refractivity contribution in [2.45, 2.75) is 32.7 Å². The third-order valence-electron chi connectivity index (χ3n) is 8.07. The molecule has 0 spiro atoms. The molecule has 0 aliphatic carbocycles. The number of hydrogen-bond acceptors (Lipinski definition) is 6.